The molecule has 3 N–H and O–H groups in total. The molecule has 0 aromatic heterocycles. The van der Waals surface area contributed by atoms with Crippen LogP contribution in [0.15, 0.2) is 0 Å². The number of hydrogen-bond donors (Lipinski definition) is 3. The highest BCUT2D eigenvalue weighted by Gasteiger charge is 2.17. The summed E-state index contributed by atoms with van der Waals surface area (Å²) in [5.74, 6) is 0.453. The topological polar surface area (TPSA) is 61.4 Å². The van der Waals surface area contributed by atoms with Gasteiger partial charge in [0.15, 0.2) is 0 Å². The Morgan fingerprint density at radius 1 is 1.38 bits per heavy atom. The van der Waals surface area contributed by atoms with Crippen LogP contribution in [0.1, 0.15) is 46.0 Å². The Kier molecular flexibility index (Phi) is 5.60. The van der Waals surface area contributed by atoms with E-state index in [-0.39, 0.29) is 6.03 Å². The molecule has 0 aromatic rings. The zero-order valence-electron chi connectivity index (χ0n) is 10.3. The molecule has 94 valence electrons. The van der Waals surface area contributed by atoms with Gasteiger partial charge in [-0.1, -0.05) is 26.7 Å². The first-order chi connectivity index (χ1) is 7.58. The van der Waals surface area contributed by atoms with Gasteiger partial charge in [-0.05, 0) is 25.2 Å². The Balaban J connectivity index is 2.09. The summed E-state index contributed by atoms with van der Waals surface area (Å²) in [4.78, 5) is 11.5. The highest BCUT2D eigenvalue weighted by atomic mass is 16.3. The van der Waals surface area contributed by atoms with Crippen LogP contribution in [0.2, 0.25) is 0 Å². The van der Waals surface area contributed by atoms with Crippen molar-refractivity contribution >= 4 is 6.03 Å². The number of aliphatic hydroxyl groups excluding tert-OH is 1. The molecule has 0 bridgehead atoms. The summed E-state index contributed by atoms with van der Waals surface area (Å²) in [7, 11) is 0. The molecule has 1 unspecified atom stereocenters. The third kappa shape index (κ3) is 5.35. The molecule has 1 atom stereocenters. The van der Waals surface area contributed by atoms with Crippen molar-refractivity contribution in [2.24, 2.45) is 5.92 Å². The Morgan fingerprint density at radius 3 is 2.56 bits per heavy atom. The number of hydrogen-bond acceptors (Lipinski definition) is 2. The fraction of sp³-hybridized carbons (Fsp3) is 0.917. The van der Waals surface area contributed by atoms with Crippen molar-refractivity contribution in [1.82, 2.24) is 10.6 Å². The summed E-state index contributed by atoms with van der Waals surface area (Å²) in [6, 6.07) is 0.192. The summed E-state index contributed by atoms with van der Waals surface area (Å²) < 4.78 is 0. The highest BCUT2D eigenvalue weighted by Crippen LogP contribution is 2.17. The first-order valence-electron chi connectivity index (χ1n) is 6.30. The normalized spacial score (nSPS) is 18.8. The van der Waals surface area contributed by atoms with Gasteiger partial charge in [-0.3, -0.25) is 0 Å². The van der Waals surface area contributed by atoms with E-state index in [0.717, 1.165) is 19.3 Å². The SMILES string of the molecule is CC(C)CC(O)CNC(=O)NC1CCCC1. The van der Waals surface area contributed by atoms with E-state index in [9.17, 15) is 9.90 Å². The molecule has 2 amide bonds. The zero-order valence-corrected chi connectivity index (χ0v) is 10.3. The van der Waals surface area contributed by atoms with Crippen LogP contribution in [-0.2, 0) is 0 Å². The third-order valence-corrected chi connectivity index (χ3v) is 2.93. The quantitative estimate of drug-likeness (QED) is 0.670. The van der Waals surface area contributed by atoms with E-state index in [2.05, 4.69) is 24.5 Å². The van der Waals surface area contributed by atoms with Crippen molar-refractivity contribution in [1.29, 1.82) is 0 Å². The fourth-order valence-corrected chi connectivity index (χ4v) is 2.14. The molecule has 1 saturated carbocycles. The van der Waals surface area contributed by atoms with E-state index in [1.807, 2.05) is 0 Å². The summed E-state index contributed by atoms with van der Waals surface area (Å²) in [5.41, 5.74) is 0. The number of nitrogens with one attached hydrogen (secondary N) is 2. The number of rotatable bonds is 5. The average Bonchev–Trinajstić information content (AvgIpc) is 2.66. The van der Waals surface area contributed by atoms with Crippen LogP contribution >= 0.6 is 0 Å². The van der Waals surface area contributed by atoms with Crippen molar-refractivity contribution in [3.05, 3.63) is 0 Å². The molecule has 4 heteroatoms. The molecule has 0 spiro atoms. The Morgan fingerprint density at radius 2 is 2.00 bits per heavy atom. The lowest BCUT2D eigenvalue weighted by Crippen LogP contribution is -2.43. The van der Waals surface area contributed by atoms with E-state index < -0.39 is 6.10 Å². The molecular formula is C12H24N2O2. The van der Waals surface area contributed by atoms with Crippen LogP contribution in [0.4, 0.5) is 4.79 Å². The minimum absolute atomic E-state index is 0.144. The van der Waals surface area contributed by atoms with Crippen LogP contribution in [0.3, 0.4) is 0 Å². The van der Waals surface area contributed by atoms with Crippen LogP contribution in [0, 0.1) is 5.92 Å². The van der Waals surface area contributed by atoms with Gasteiger partial charge < -0.3 is 15.7 Å². The second-order valence-electron chi connectivity index (χ2n) is 5.12. The van der Waals surface area contributed by atoms with E-state index in [0.29, 0.717) is 18.5 Å². The number of carbonyl (C=O) groups excluding carboxylic acids is 1. The van der Waals surface area contributed by atoms with Gasteiger partial charge in [0.25, 0.3) is 0 Å². The van der Waals surface area contributed by atoms with Crippen molar-refractivity contribution < 1.29 is 9.90 Å². The molecule has 0 heterocycles. The van der Waals surface area contributed by atoms with Crippen LogP contribution in [-0.4, -0.2) is 29.8 Å². The molecular weight excluding hydrogens is 204 g/mol. The maximum absolute atomic E-state index is 11.5. The monoisotopic (exact) mass is 228 g/mol. The Labute approximate surface area is 97.8 Å². The van der Waals surface area contributed by atoms with Gasteiger partial charge in [0.2, 0.25) is 0 Å². The van der Waals surface area contributed by atoms with Crippen molar-refractivity contribution in [3.63, 3.8) is 0 Å². The van der Waals surface area contributed by atoms with Crippen LogP contribution < -0.4 is 10.6 Å². The molecule has 1 fully saturated rings. The van der Waals surface area contributed by atoms with Crippen LogP contribution in [0.5, 0.6) is 0 Å². The third-order valence-electron chi connectivity index (χ3n) is 2.93. The first kappa shape index (κ1) is 13.3. The van der Waals surface area contributed by atoms with E-state index in [4.69, 9.17) is 0 Å². The van der Waals surface area contributed by atoms with E-state index >= 15 is 0 Å². The number of carbonyl (C=O) groups is 1. The minimum atomic E-state index is -0.436. The Bertz CT molecular complexity index is 213. The van der Waals surface area contributed by atoms with E-state index in [1.54, 1.807) is 0 Å². The smallest absolute Gasteiger partial charge is 0.315 e. The minimum Gasteiger partial charge on any atom is -0.391 e. The summed E-state index contributed by atoms with van der Waals surface area (Å²) in [6.45, 7) is 4.46. The van der Waals surface area contributed by atoms with Crippen LogP contribution in [0.25, 0.3) is 0 Å². The van der Waals surface area contributed by atoms with Gasteiger partial charge in [0, 0.05) is 12.6 Å². The number of aliphatic hydroxyl groups is 1. The van der Waals surface area contributed by atoms with Gasteiger partial charge in [-0.2, -0.15) is 0 Å². The number of urea groups is 1. The lowest BCUT2D eigenvalue weighted by Gasteiger charge is -2.16. The van der Waals surface area contributed by atoms with Crippen molar-refractivity contribution in [3.8, 4) is 0 Å². The summed E-state index contributed by atoms with van der Waals surface area (Å²) in [6.07, 6.45) is 4.88. The fourth-order valence-electron chi connectivity index (χ4n) is 2.14. The zero-order chi connectivity index (χ0) is 12.0. The number of amides is 2. The maximum atomic E-state index is 11.5. The van der Waals surface area contributed by atoms with Gasteiger partial charge >= 0.3 is 6.03 Å². The largest absolute Gasteiger partial charge is 0.391 e. The van der Waals surface area contributed by atoms with Crippen molar-refractivity contribution in [2.75, 3.05) is 6.54 Å². The summed E-state index contributed by atoms with van der Waals surface area (Å²) >= 11 is 0. The Hall–Kier alpha value is -0.770. The van der Waals surface area contributed by atoms with Gasteiger partial charge in [-0.15, -0.1) is 0 Å². The highest BCUT2D eigenvalue weighted by molar-refractivity contribution is 5.74. The second-order valence-corrected chi connectivity index (χ2v) is 5.12. The average molecular weight is 228 g/mol. The van der Waals surface area contributed by atoms with Gasteiger partial charge in [-0.25, -0.2) is 4.79 Å². The summed E-state index contributed by atoms with van der Waals surface area (Å²) in [5, 5.41) is 15.2. The molecule has 0 aromatic carbocycles. The predicted molar refractivity (Wildman–Crippen MR) is 64.3 cm³/mol. The molecule has 1 aliphatic rings. The molecule has 0 saturated heterocycles. The standard InChI is InChI=1S/C12H24N2O2/c1-9(2)7-11(15)8-13-12(16)14-10-5-3-4-6-10/h9-11,15H,3-8H2,1-2H3,(H2,13,14,16). The van der Waals surface area contributed by atoms with E-state index in [1.165, 1.54) is 12.8 Å². The predicted octanol–water partition coefficient (Wildman–Crippen LogP) is 1.64. The lowest BCUT2D eigenvalue weighted by atomic mass is 10.1. The van der Waals surface area contributed by atoms with Crippen molar-refractivity contribution in [2.45, 2.75) is 58.1 Å². The maximum Gasteiger partial charge on any atom is 0.315 e. The molecule has 16 heavy (non-hydrogen) atoms. The molecule has 0 radical (unpaired) electrons. The molecule has 4 nitrogen and oxygen atoms in total. The molecule has 1 aliphatic carbocycles. The van der Waals surface area contributed by atoms with Gasteiger partial charge in [0.1, 0.15) is 0 Å². The molecule has 0 aliphatic heterocycles. The first-order valence-corrected chi connectivity index (χ1v) is 6.30. The second kappa shape index (κ2) is 6.74. The van der Waals surface area contributed by atoms with Gasteiger partial charge in [0.05, 0.1) is 6.10 Å². The molecule has 1 rings (SSSR count). The lowest BCUT2D eigenvalue weighted by molar-refractivity contribution is 0.146.